The number of halogens is 1. The molecule has 0 amide bonds. The maximum Gasteiger partial charge on any atom is 0.118 e. The molecule has 1 aliphatic heterocycles. The standard InChI is InChI=1S/C19H18N2O.ClH/c1-22-16-10-8-14(9-11-16)19-18-7-4-12-21(18)17-6-3-2-5-15(17)13-20-19;/h2-12,19-20H,13H2,1H3;1H/p-1. The van der Waals surface area contributed by atoms with Gasteiger partial charge in [-0.25, -0.2) is 0 Å². The highest BCUT2D eigenvalue weighted by Gasteiger charge is 2.22. The number of hydrogen-bond donors (Lipinski definition) is 1. The van der Waals surface area contributed by atoms with Gasteiger partial charge in [-0.05, 0) is 41.5 Å². The number of hydrogen-bond acceptors (Lipinski definition) is 2. The molecule has 1 N–H and O–H groups in total. The Kier molecular flexibility index (Phi) is 4.42. The minimum absolute atomic E-state index is 0. The number of para-hydroxylation sites is 1. The van der Waals surface area contributed by atoms with Crippen LogP contribution in [0.15, 0.2) is 66.9 Å². The van der Waals surface area contributed by atoms with Gasteiger partial charge in [0.05, 0.1) is 13.2 Å². The van der Waals surface area contributed by atoms with Crippen molar-refractivity contribution in [3.05, 3.63) is 83.7 Å². The molecular formula is C19H18ClN2O-. The minimum atomic E-state index is 0. The molecule has 1 unspecified atom stereocenters. The Labute approximate surface area is 142 Å². The van der Waals surface area contributed by atoms with Crippen LogP contribution in [-0.2, 0) is 6.54 Å². The summed E-state index contributed by atoms with van der Waals surface area (Å²) in [6, 6.07) is 21.3. The van der Waals surface area contributed by atoms with E-state index in [-0.39, 0.29) is 18.4 Å². The highest BCUT2D eigenvalue weighted by molar-refractivity contribution is 5.47. The van der Waals surface area contributed by atoms with Crippen LogP contribution in [-0.4, -0.2) is 11.7 Å². The lowest BCUT2D eigenvalue weighted by Crippen LogP contribution is -3.00. The van der Waals surface area contributed by atoms with Gasteiger partial charge in [-0.15, -0.1) is 0 Å². The first kappa shape index (κ1) is 15.7. The number of ether oxygens (including phenoxy) is 1. The second kappa shape index (κ2) is 6.49. The quantitative estimate of drug-likeness (QED) is 0.750. The fraction of sp³-hybridized carbons (Fsp3) is 0.158. The summed E-state index contributed by atoms with van der Waals surface area (Å²) in [7, 11) is 1.70. The Morgan fingerprint density at radius 3 is 2.57 bits per heavy atom. The molecule has 0 bridgehead atoms. The van der Waals surface area contributed by atoms with Gasteiger partial charge < -0.3 is 27.0 Å². The Bertz CT molecular complexity index is 795. The highest BCUT2D eigenvalue weighted by Crippen LogP contribution is 2.30. The lowest BCUT2D eigenvalue weighted by molar-refractivity contribution is -0.00000468. The number of fused-ring (bicyclic) bond motifs is 3. The summed E-state index contributed by atoms with van der Waals surface area (Å²) in [5.74, 6) is 0.885. The van der Waals surface area contributed by atoms with Crippen LogP contribution in [0, 0.1) is 0 Å². The third kappa shape index (κ3) is 2.74. The number of nitrogens with one attached hydrogen (secondary N) is 1. The van der Waals surface area contributed by atoms with Gasteiger partial charge in [0.2, 0.25) is 0 Å². The van der Waals surface area contributed by atoms with Crippen LogP contribution in [0.1, 0.15) is 22.9 Å². The Hall–Kier alpha value is -2.23. The SMILES string of the molecule is COc1ccc(C2NCc3ccccc3-n3cccc32)cc1.[Cl-]. The lowest BCUT2D eigenvalue weighted by atomic mass is 10.0. The van der Waals surface area contributed by atoms with Gasteiger partial charge in [0, 0.05) is 24.1 Å². The molecule has 0 saturated heterocycles. The highest BCUT2D eigenvalue weighted by atomic mass is 35.5. The van der Waals surface area contributed by atoms with Gasteiger partial charge in [0.25, 0.3) is 0 Å². The van der Waals surface area contributed by atoms with Crippen molar-refractivity contribution in [3.63, 3.8) is 0 Å². The molecule has 1 aliphatic rings. The van der Waals surface area contributed by atoms with E-state index in [1.54, 1.807) is 7.11 Å². The van der Waals surface area contributed by atoms with E-state index in [4.69, 9.17) is 4.74 Å². The van der Waals surface area contributed by atoms with E-state index in [1.807, 2.05) is 12.1 Å². The number of benzene rings is 2. The second-order valence-electron chi connectivity index (χ2n) is 5.52. The van der Waals surface area contributed by atoms with Crippen LogP contribution in [0.2, 0.25) is 0 Å². The van der Waals surface area contributed by atoms with Crippen LogP contribution in [0.5, 0.6) is 5.75 Å². The number of rotatable bonds is 2. The molecule has 0 saturated carbocycles. The summed E-state index contributed by atoms with van der Waals surface area (Å²) in [5.41, 5.74) is 5.07. The maximum atomic E-state index is 5.26. The van der Waals surface area contributed by atoms with Crippen LogP contribution in [0.25, 0.3) is 5.69 Å². The van der Waals surface area contributed by atoms with Crippen molar-refractivity contribution >= 4 is 0 Å². The third-order valence-corrected chi connectivity index (χ3v) is 4.27. The monoisotopic (exact) mass is 325 g/mol. The van der Waals surface area contributed by atoms with Crippen LogP contribution >= 0.6 is 0 Å². The van der Waals surface area contributed by atoms with E-state index in [0.717, 1.165) is 12.3 Å². The van der Waals surface area contributed by atoms with E-state index < -0.39 is 0 Å². The average Bonchev–Trinajstić information content (AvgIpc) is 3.00. The molecule has 3 aromatic rings. The molecule has 0 fully saturated rings. The van der Waals surface area contributed by atoms with Gasteiger partial charge >= 0.3 is 0 Å². The largest absolute Gasteiger partial charge is 1.00 e. The molecule has 0 spiro atoms. The van der Waals surface area contributed by atoms with E-state index in [0.29, 0.717) is 0 Å². The predicted octanol–water partition coefficient (Wildman–Crippen LogP) is 0.682. The molecule has 1 aromatic heterocycles. The molecule has 1 atom stereocenters. The summed E-state index contributed by atoms with van der Waals surface area (Å²) in [6.45, 7) is 0.856. The summed E-state index contributed by atoms with van der Waals surface area (Å²) in [5, 5.41) is 3.67. The first-order valence-corrected chi connectivity index (χ1v) is 7.49. The molecule has 4 rings (SSSR count). The van der Waals surface area contributed by atoms with E-state index in [2.05, 4.69) is 64.6 Å². The Morgan fingerprint density at radius 2 is 1.78 bits per heavy atom. The van der Waals surface area contributed by atoms with Crippen molar-refractivity contribution in [3.8, 4) is 11.4 Å². The second-order valence-corrected chi connectivity index (χ2v) is 5.52. The van der Waals surface area contributed by atoms with E-state index in [1.165, 1.54) is 22.5 Å². The predicted molar refractivity (Wildman–Crippen MR) is 87.4 cm³/mol. The zero-order valence-electron chi connectivity index (χ0n) is 12.9. The smallest absolute Gasteiger partial charge is 0.118 e. The first-order chi connectivity index (χ1) is 10.9. The zero-order chi connectivity index (χ0) is 14.9. The van der Waals surface area contributed by atoms with Crippen molar-refractivity contribution in [1.82, 2.24) is 9.88 Å². The number of methoxy groups -OCH3 is 1. The summed E-state index contributed by atoms with van der Waals surface area (Å²) < 4.78 is 7.54. The normalized spacial score (nSPS) is 15.8. The number of aromatic nitrogens is 1. The lowest BCUT2D eigenvalue weighted by Gasteiger charge is -2.18. The molecule has 118 valence electrons. The summed E-state index contributed by atoms with van der Waals surface area (Å²) in [4.78, 5) is 0. The van der Waals surface area contributed by atoms with Crippen molar-refractivity contribution in [1.29, 1.82) is 0 Å². The average molecular weight is 326 g/mol. The molecule has 3 nitrogen and oxygen atoms in total. The van der Waals surface area contributed by atoms with Gasteiger partial charge in [-0.3, -0.25) is 0 Å². The van der Waals surface area contributed by atoms with Crippen LogP contribution < -0.4 is 22.5 Å². The van der Waals surface area contributed by atoms with Crippen molar-refractivity contribution in [2.75, 3.05) is 7.11 Å². The van der Waals surface area contributed by atoms with Gasteiger partial charge in [-0.2, -0.15) is 0 Å². The third-order valence-electron chi connectivity index (χ3n) is 4.27. The van der Waals surface area contributed by atoms with Crippen LogP contribution in [0.4, 0.5) is 0 Å². The van der Waals surface area contributed by atoms with Crippen molar-refractivity contribution in [2.45, 2.75) is 12.6 Å². The fourth-order valence-corrected chi connectivity index (χ4v) is 3.15. The molecule has 23 heavy (non-hydrogen) atoms. The minimum Gasteiger partial charge on any atom is -1.00 e. The Morgan fingerprint density at radius 1 is 1.00 bits per heavy atom. The van der Waals surface area contributed by atoms with Crippen molar-refractivity contribution < 1.29 is 17.1 Å². The molecule has 4 heteroatoms. The van der Waals surface area contributed by atoms with Crippen LogP contribution in [0.3, 0.4) is 0 Å². The van der Waals surface area contributed by atoms with Gasteiger partial charge in [-0.1, -0.05) is 30.3 Å². The number of nitrogens with zero attached hydrogens (tertiary/aromatic N) is 1. The maximum absolute atomic E-state index is 5.26. The van der Waals surface area contributed by atoms with E-state index >= 15 is 0 Å². The molecule has 2 aromatic carbocycles. The topological polar surface area (TPSA) is 26.2 Å². The molecule has 0 aliphatic carbocycles. The fourth-order valence-electron chi connectivity index (χ4n) is 3.15. The van der Waals surface area contributed by atoms with Gasteiger partial charge in [0.1, 0.15) is 5.75 Å². The van der Waals surface area contributed by atoms with Crippen molar-refractivity contribution in [2.24, 2.45) is 0 Å². The van der Waals surface area contributed by atoms with Gasteiger partial charge in [0.15, 0.2) is 0 Å². The Balaban J connectivity index is 0.00000156. The summed E-state index contributed by atoms with van der Waals surface area (Å²) in [6.07, 6.45) is 2.14. The van der Waals surface area contributed by atoms with E-state index in [9.17, 15) is 0 Å². The molecule has 2 heterocycles. The summed E-state index contributed by atoms with van der Waals surface area (Å²) >= 11 is 0. The zero-order valence-corrected chi connectivity index (χ0v) is 13.6. The first-order valence-electron chi connectivity index (χ1n) is 7.49. The molecular weight excluding hydrogens is 308 g/mol. The molecule has 0 radical (unpaired) electrons.